The Balaban J connectivity index is 2.18. The van der Waals surface area contributed by atoms with Gasteiger partial charge in [-0.25, -0.2) is 0 Å². The minimum Gasteiger partial charge on any atom is -0.388 e. The van der Waals surface area contributed by atoms with E-state index in [1.807, 2.05) is 12.1 Å². The lowest BCUT2D eigenvalue weighted by Crippen LogP contribution is -2.54. The first-order chi connectivity index (χ1) is 9.85. The van der Waals surface area contributed by atoms with E-state index in [2.05, 4.69) is 39.0 Å². The van der Waals surface area contributed by atoms with Gasteiger partial charge in [0, 0.05) is 0 Å². The summed E-state index contributed by atoms with van der Waals surface area (Å²) in [4.78, 5) is 0. The predicted molar refractivity (Wildman–Crippen MR) is 83.8 cm³/mol. The van der Waals surface area contributed by atoms with Crippen LogP contribution >= 0.6 is 0 Å². The fourth-order valence-electron chi connectivity index (χ4n) is 5.04. The van der Waals surface area contributed by atoms with Crippen LogP contribution in [0.5, 0.6) is 0 Å². The van der Waals surface area contributed by atoms with Gasteiger partial charge in [0.1, 0.15) is 5.41 Å². The Morgan fingerprint density at radius 3 is 2.62 bits per heavy atom. The van der Waals surface area contributed by atoms with Crippen molar-refractivity contribution in [3.05, 3.63) is 35.4 Å². The minimum atomic E-state index is -0.915. The SMILES string of the molecule is CC1CC(C)(C)CC1(O)C1(C#N)CCCc2ccccc21. The second kappa shape index (κ2) is 4.58. The topological polar surface area (TPSA) is 44.0 Å². The zero-order chi connectivity index (χ0) is 15.3. The summed E-state index contributed by atoms with van der Waals surface area (Å²) in [5.74, 6) is 0.151. The third-order valence-electron chi connectivity index (χ3n) is 5.83. The van der Waals surface area contributed by atoms with Crippen LogP contribution in [-0.2, 0) is 11.8 Å². The highest BCUT2D eigenvalue weighted by atomic mass is 16.3. The van der Waals surface area contributed by atoms with E-state index < -0.39 is 11.0 Å². The molecule has 0 saturated heterocycles. The summed E-state index contributed by atoms with van der Waals surface area (Å²) >= 11 is 0. The molecule has 0 amide bonds. The van der Waals surface area contributed by atoms with Crippen molar-refractivity contribution in [1.82, 2.24) is 0 Å². The quantitative estimate of drug-likeness (QED) is 0.847. The molecule has 0 bridgehead atoms. The van der Waals surface area contributed by atoms with Crippen molar-refractivity contribution in [2.75, 3.05) is 0 Å². The number of benzene rings is 1. The third-order valence-corrected chi connectivity index (χ3v) is 5.83. The molecule has 3 rings (SSSR count). The summed E-state index contributed by atoms with van der Waals surface area (Å²) in [5, 5.41) is 21.7. The highest BCUT2D eigenvalue weighted by Gasteiger charge is 2.61. The van der Waals surface area contributed by atoms with E-state index in [0.29, 0.717) is 6.42 Å². The van der Waals surface area contributed by atoms with Gasteiger partial charge in [-0.05, 0) is 54.6 Å². The van der Waals surface area contributed by atoms with Crippen molar-refractivity contribution in [2.45, 2.75) is 63.9 Å². The van der Waals surface area contributed by atoms with Crippen LogP contribution in [0.2, 0.25) is 0 Å². The Morgan fingerprint density at radius 1 is 1.29 bits per heavy atom. The van der Waals surface area contributed by atoms with Gasteiger partial charge < -0.3 is 5.11 Å². The molecule has 1 aromatic carbocycles. The van der Waals surface area contributed by atoms with Gasteiger partial charge in [-0.1, -0.05) is 45.0 Å². The summed E-state index contributed by atoms with van der Waals surface area (Å²) < 4.78 is 0. The summed E-state index contributed by atoms with van der Waals surface area (Å²) in [7, 11) is 0. The molecule has 21 heavy (non-hydrogen) atoms. The summed E-state index contributed by atoms with van der Waals surface area (Å²) in [5.41, 5.74) is 0.766. The molecule has 1 aromatic rings. The Hall–Kier alpha value is -1.33. The first-order valence-corrected chi connectivity index (χ1v) is 8.07. The van der Waals surface area contributed by atoms with Crippen molar-refractivity contribution in [2.24, 2.45) is 11.3 Å². The second-order valence-corrected chi connectivity index (χ2v) is 7.90. The normalized spacial score (nSPS) is 37.8. The minimum absolute atomic E-state index is 0.102. The lowest BCUT2D eigenvalue weighted by atomic mass is 9.58. The van der Waals surface area contributed by atoms with Crippen molar-refractivity contribution in [1.29, 1.82) is 5.26 Å². The van der Waals surface area contributed by atoms with Gasteiger partial charge in [0.15, 0.2) is 0 Å². The van der Waals surface area contributed by atoms with Crippen LogP contribution in [0.25, 0.3) is 0 Å². The highest BCUT2D eigenvalue weighted by molar-refractivity contribution is 5.46. The number of rotatable bonds is 1. The van der Waals surface area contributed by atoms with Crippen molar-refractivity contribution >= 4 is 0 Å². The molecule has 0 heterocycles. The molecule has 0 spiro atoms. The molecule has 112 valence electrons. The van der Waals surface area contributed by atoms with Crippen LogP contribution < -0.4 is 0 Å². The lowest BCUT2D eigenvalue weighted by Gasteiger charge is -2.47. The summed E-state index contributed by atoms with van der Waals surface area (Å²) in [6.45, 7) is 6.54. The van der Waals surface area contributed by atoms with Crippen LogP contribution in [0.4, 0.5) is 0 Å². The monoisotopic (exact) mass is 283 g/mol. The maximum atomic E-state index is 11.6. The molecule has 2 aliphatic rings. The molecule has 0 radical (unpaired) electrons. The maximum absolute atomic E-state index is 11.6. The molecule has 2 nitrogen and oxygen atoms in total. The van der Waals surface area contributed by atoms with Gasteiger partial charge in [0.05, 0.1) is 11.7 Å². The zero-order valence-corrected chi connectivity index (χ0v) is 13.3. The van der Waals surface area contributed by atoms with Crippen molar-refractivity contribution < 1.29 is 5.11 Å². The second-order valence-electron chi connectivity index (χ2n) is 7.90. The van der Waals surface area contributed by atoms with Crippen LogP contribution in [0.1, 0.15) is 57.6 Å². The van der Waals surface area contributed by atoms with E-state index in [1.165, 1.54) is 5.56 Å². The van der Waals surface area contributed by atoms with Gasteiger partial charge >= 0.3 is 0 Å². The van der Waals surface area contributed by atoms with Crippen LogP contribution in [0.15, 0.2) is 24.3 Å². The lowest BCUT2D eigenvalue weighted by molar-refractivity contribution is -0.0554. The molecule has 0 aromatic heterocycles. The Bertz CT molecular complexity index is 600. The molecule has 2 aliphatic carbocycles. The first-order valence-electron chi connectivity index (χ1n) is 8.07. The van der Waals surface area contributed by atoms with Crippen molar-refractivity contribution in [3.8, 4) is 6.07 Å². The molecule has 3 unspecified atom stereocenters. The first kappa shape index (κ1) is 14.6. The molecule has 1 saturated carbocycles. The average Bonchev–Trinajstić information content (AvgIpc) is 2.67. The van der Waals surface area contributed by atoms with Crippen molar-refractivity contribution in [3.63, 3.8) is 0 Å². The Labute approximate surface area is 127 Å². The smallest absolute Gasteiger partial charge is 0.111 e. The van der Waals surface area contributed by atoms with E-state index in [1.54, 1.807) is 0 Å². The van der Waals surface area contributed by atoms with E-state index >= 15 is 0 Å². The Kier molecular flexibility index (Phi) is 3.19. The van der Waals surface area contributed by atoms with Crippen LogP contribution in [-0.4, -0.2) is 10.7 Å². The van der Waals surface area contributed by atoms with Crippen LogP contribution in [0.3, 0.4) is 0 Å². The molecule has 3 atom stereocenters. The fourth-order valence-corrected chi connectivity index (χ4v) is 5.04. The van der Waals surface area contributed by atoms with E-state index in [-0.39, 0.29) is 11.3 Å². The van der Waals surface area contributed by atoms with Gasteiger partial charge in [0.25, 0.3) is 0 Å². The fraction of sp³-hybridized carbons (Fsp3) is 0.632. The number of aliphatic hydroxyl groups is 1. The highest BCUT2D eigenvalue weighted by Crippen LogP contribution is 2.58. The molecule has 0 aliphatic heterocycles. The number of fused-ring (bicyclic) bond motifs is 1. The molecule has 1 N–H and O–H groups in total. The maximum Gasteiger partial charge on any atom is 0.111 e. The molecular formula is C19H25NO. The molecular weight excluding hydrogens is 258 g/mol. The van der Waals surface area contributed by atoms with Gasteiger partial charge in [0.2, 0.25) is 0 Å². The van der Waals surface area contributed by atoms with E-state index in [9.17, 15) is 10.4 Å². The van der Waals surface area contributed by atoms with E-state index in [0.717, 1.165) is 31.2 Å². The number of aryl methyl sites for hydroxylation is 1. The predicted octanol–water partition coefficient (Wildman–Crippen LogP) is 3.97. The zero-order valence-electron chi connectivity index (χ0n) is 13.3. The van der Waals surface area contributed by atoms with Gasteiger partial charge in [-0.2, -0.15) is 5.26 Å². The van der Waals surface area contributed by atoms with Gasteiger partial charge in [-0.3, -0.25) is 0 Å². The van der Waals surface area contributed by atoms with Gasteiger partial charge in [-0.15, -0.1) is 0 Å². The number of nitriles is 1. The largest absolute Gasteiger partial charge is 0.388 e. The molecule has 2 heteroatoms. The van der Waals surface area contributed by atoms with E-state index in [4.69, 9.17) is 0 Å². The summed E-state index contributed by atoms with van der Waals surface area (Å²) in [6.07, 6.45) is 4.48. The summed E-state index contributed by atoms with van der Waals surface area (Å²) in [6, 6.07) is 10.8. The van der Waals surface area contributed by atoms with Crippen LogP contribution in [0, 0.1) is 22.7 Å². The molecule has 1 fully saturated rings. The number of hydrogen-bond donors (Lipinski definition) is 1. The third kappa shape index (κ3) is 1.94. The Morgan fingerprint density at radius 2 is 2.00 bits per heavy atom. The average molecular weight is 283 g/mol. The number of nitrogens with zero attached hydrogens (tertiary/aromatic N) is 1. The standard InChI is InChI=1S/C19H25NO/c1-14-11-17(2,3)12-19(14,21)18(13-20)10-6-8-15-7-4-5-9-16(15)18/h4-5,7,9,14,21H,6,8,10-12H2,1-3H3. The number of hydrogen-bond acceptors (Lipinski definition) is 2.